The van der Waals surface area contributed by atoms with Gasteiger partial charge in [0, 0.05) is 23.2 Å². The summed E-state index contributed by atoms with van der Waals surface area (Å²) < 4.78 is 0.973. The molecule has 2 amide bonds. The molecule has 1 heterocycles. The fourth-order valence-corrected chi connectivity index (χ4v) is 2.94. The number of benzene rings is 1. The highest BCUT2D eigenvalue weighted by atomic mass is 79.9. The Hall–Kier alpha value is -1.56. The van der Waals surface area contributed by atoms with Crippen molar-refractivity contribution in [2.75, 3.05) is 18.4 Å². The number of aryl methyl sites for hydroxylation is 1. The number of amides is 2. The van der Waals surface area contributed by atoms with Gasteiger partial charge in [0.25, 0.3) is 0 Å². The second-order valence-corrected chi connectivity index (χ2v) is 6.12. The van der Waals surface area contributed by atoms with Crippen molar-refractivity contribution in [3.63, 3.8) is 0 Å². The number of carbonyl (C=O) groups is 2. The molecule has 5 nitrogen and oxygen atoms in total. The third-order valence-corrected chi connectivity index (χ3v) is 4.24. The first-order valence-electron chi connectivity index (χ1n) is 7.08. The van der Waals surface area contributed by atoms with Crippen molar-refractivity contribution in [1.29, 1.82) is 0 Å². The maximum atomic E-state index is 12.3. The van der Waals surface area contributed by atoms with Gasteiger partial charge in [-0.1, -0.05) is 22.9 Å². The zero-order chi connectivity index (χ0) is 15.4. The van der Waals surface area contributed by atoms with Gasteiger partial charge in [0.15, 0.2) is 0 Å². The van der Waals surface area contributed by atoms with Gasteiger partial charge in [0.2, 0.25) is 0 Å². The molecule has 0 radical (unpaired) electrons. The Morgan fingerprint density at radius 2 is 2.24 bits per heavy atom. The molecule has 2 rings (SSSR count). The molecule has 0 unspecified atom stereocenters. The van der Waals surface area contributed by atoms with Crippen LogP contribution in [0.5, 0.6) is 0 Å². The Morgan fingerprint density at radius 3 is 2.90 bits per heavy atom. The lowest BCUT2D eigenvalue weighted by Gasteiger charge is -2.31. The summed E-state index contributed by atoms with van der Waals surface area (Å²) in [5, 5.41) is 12.0. The van der Waals surface area contributed by atoms with E-state index in [1.54, 1.807) is 4.90 Å². The number of rotatable bonds is 3. The largest absolute Gasteiger partial charge is 0.481 e. The Morgan fingerprint density at radius 1 is 1.48 bits per heavy atom. The van der Waals surface area contributed by atoms with Crippen LogP contribution in [0.3, 0.4) is 0 Å². The summed E-state index contributed by atoms with van der Waals surface area (Å²) in [6.45, 7) is 2.91. The molecule has 21 heavy (non-hydrogen) atoms. The van der Waals surface area contributed by atoms with Gasteiger partial charge in [0.05, 0.1) is 5.92 Å². The van der Waals surface area contributed by atoms with Crippen LogP contribution < -0.4 is 5.32 Å². The van der Waals surface area contributed by atoms with Gasteiger partial charge in [0.1, 0.15) is 0 Å². The van der Waals surface area contributed by atoms with Gasteiger partial charge in [-0.15, -0.1) is 0 Å². The number of hydrogen-bond donors (Lipinski definition) is 2. The molecule has 0 aromatic heterocycles. The second-order valence-electron chi connectivity index (χ2n) is 5.21. The summed E-state index contributed by atoms with van der Waals surface area (Å²) in [7, 11) is 0. The molecule has 2 N–H and O–H groups in total. The lowest BCUT2D eigenvalue weighted by Crippen LogP contribution is -2.44. The van der Waals surface area contributed by atoms with Crippen LogP contribution in [0.25, 0.3) is 0 Å². The zero-order valence-electron chi connectivity index (χ0n) is 11.9. The van der Waals surface area contributed by atoms with Crippen LogP contribution in [-0.4, -0.2) is 35.1 Å². The Kier molecular flexibility index (Phi) is 5.22. The van der Waals surface area contributed by atoms with Crippen molar-refractivity contribution in [3.05, 3.63) is 28.2 Å². The highest BCUT2D eigenvalue weighted by Crippen LogP contribution is 2.23. The van der Waals surface area contributed by atoms with Gasteiger partial charge < -0.3 is 15.3 Å². The van der Waals surface area contributed by atoms with Crippen LogP contribution in [0.15, 0.2) is 22.7 Å². The van der Waals surface area contributed by atoms with E-state index in [4.69, 9.17) is 5.11 Å². The van der Waals surface area contributed by atoms with Crippen LogP contribution in [0, 0.1) is 5.92 Å². The Labute approximate surface area is 132 Å². The van der Waals surface area contributed by atoms with E-state index in [9.17, 15) is 9.59 Å². The third kappa shape index (κ3) is 3.97. The van der Waals surface area contributed by atoms with Gasteiger partial charge in [-0.2, -0.15) is 0 Å². The van der Waals surface area contributed by atoms with Crippen molar-refractivity contribution in [2.45, 2.75) is 26.2 Å². The third-order valence-electron chi connectivity index (χ3n) is 3.75. The standard InChI is InChI=1S/C15H19BrN2O3/c1-2-10-8-12(16)5-6-13(10)17-15(21)18-7-3-4-11(9-18)14(19)20/h5-6,8,11H,2-4,7,9H2,1H3,(H,17,21)(H,19,20)/t11-/m1/s1. The molecule has 114 valence electrons. The number of urea groups is 1. The van der Waals surface area contributed by atoms with Gasteiger partial charge in [-0.25, -0.2) is 4.79 Å². The number of nitrogens with one attached hydrogen (secondary N) is 1. The highest BCUT2D eigenvalue weighted by Gasteiger charge is 2.28. The molecule has 1 aromatic carbocycles. The number of piperidine rings is 1. The van der Waals surface area contributed by atoms with Crippen molar-refractivity contribution in [2.24, 2.45) is 5.92 Å². The van der Waals surface area contributed by atoms with E-state index in [1.165, 1.54) is 0 Å². The zero-order valence-corrected chi connectivity index (χ0v) is 13.5. The number of carboxylic acids is 1. The molecule has 0 aliphatic carbocycles. The van der Waals surface area contributed by atoms with Crippen LogP contribution in [0.1, 0.15) is 25.3 Å². The Bertz CT molecular complexity index is 548. The monoisotopic (exact) mass is 354 g/mol. The number of hydrogen-bond acceptors (Lipinski definition) is 2. The summed E-state index contributed by atoms with van der Waals surface area (Å²) in [6.07, 6.45) is 2.18. The predicted molar refractivity (Wildman–Crippen MR) is 84.5 cm³/mol. The quantitative estimate of drug-likeness (QED) is 0.874. The van der Waals surface area contributed by atoms with Crippen molar-refractivity contribution in [1.82, 2.24) is 4.90 Å². The smallest absolute Gasteiger partial charge is 0.321 e. The fraction of sp³-hybridized carbons (Fsp3) is 0.467. The number of nitrogens with zero attached hydrogens (tertiary/aromatic N) is 1. The average molecular weight is 355 g/mol. The molecule has 1 atom stereocenters. The van der Waals surface area contributed by atoms with Crippen LogP contribution in [-0.2, 0) is 11.2 Å². The highest BCUT2D eigenvalue weighted by molar-refractivity contribution is 9.10. The maximum absolute atomic E-state index is 12.3. The molecule has 0 bridgehead atoms. The SMILES string of the molecule is CCc1cc(Br)ccc1NC(=O)N1CCC[C@@H](C(=O)O)C1. The average Bonchev–Trinajstić information content (AvgIpc) is 2.49. The van der Waals surface area contributed by atoms with Crippen molar-refractivity contribution < 1.29 is 14.7 Å². The van der Waals surface area contributed by atoms with Crippen molar-refractivity contribution >= 4 is 33.6 Å². The maximum Gasteiger partial charge on any atom is 0.321 e. The summed E-state index contributed by atoms with van der Waals surface area (Å²) in [5.74, 6) is -1.29. The van der Waals surface area contributed by atoms with Gasteiger partial charge in [-0.3, -0.25) is 4.79 Å². The fourth-order valence-electron chi connectivity index (χ4n) is 2.53. The van der Waals surface area contributed by atoms with Crippen molar-refractivity contribution in [3.8, 4) is 0 Å². The summed E-state index contributed by atoms with van der Waals surface area (Å²) in [5.41, 5.74) is 1.83. The number of aliphatic carboxylic acids is 1. The molecular formula is C15H19BrN2O3. The van der Waals surface area contributed by atoms with Crippen LogP contribution >= 0.6 is 15.9 Å². The topological polar surface area (TPSA) is 69.6 Å². The van der Waals surface area contributed by atoms with Gasteiger partial charge in [-0.05, 0) is 43.0 Å². The molecule has 0 spiro atoms. The number of likely N-dealkylation sites (tertiary alicyclic amines) is 1. The van der Waals surface area contributed by atoms with E-state index in [-0.39, 0.29) is 12.6 Å². The number of anilines is 1. The molecule has 1 aromatic rings. The summed E-state index contributed by atoms with van der Waals surface area (Å²) >= 11 is 3.42. The minimum Gasteiger partial charge on any atom is -0.481 e. The summed E-state index contributed by atoms with van der Waals surface area (Å²) in [6, 6.07) is 5.49. The van der Waals surface area contributed by atoms with Gasteiger partial charge >= 0.3 is 12.0 Å². The Balaban J connectivity index is 2.06. The first-order chi connectivity index (χ1) is 10.0. The minimum atomic E-state index is -0.828. The molecule has 0 saturated carbocycles. The first kappa shape index (κ1) is 15.8. The number of halogens is 1. The molecule has 1 saturated heterocycles. The normalized spacial score (nSPS) is 18.4. The van der Waals surface area contributed by atoms with Crippen LogP contribution in [0.2, 0.25) is 0 Å². The number of carboxylic acid groups (broad SMARTS) is 1. The van der Waals surface area contributed by atoms with E-state index >= 15 is 0 Å². The lowest BCUT2D eigenvalue weighted by molar-refractivity contribution is -0.143. The predicted octanol–water partition coefficient (Wildman–Crippen LogP) is 3.34. The lowest BCUT2D eigenvalue weighted by atomic mass is 9.99. The number of carbonyl (C=O) groups excluding carboxylic acids is 1. The van der Waals surface area contributed by atoms with E-state index < -0.39 is 11.9 Å². The molecule has 1 fully saturated rings. The summed E-state index contributed by atoms with van der Waals surface area (Å²) in [4.78, 5) is 24.9. The molecule has 1 aliphatic rings. The molecule has 6 heteroatoms. The second kappa shape index (κ2) is 6.93. The minimum absolute atomic E-state index is 0.224. The van der Waals surface area contributed by atoms with E-state index in [0.29, 0.717) is 13.0 Å². The molecule has 1 aliphatic heterocycles. The first-order valence-corrected chi connectivity index (χ1v) is 7.87. The van der Waals surface area contributed by atoms with E-state index in [0.717, 1.165) is 28.6 Å². The molecular weight excluding hydrogens is 336 g/mol. The van der Waals surface area contributed by atoms with E-state index in [2.05, 4.69) is 21.2 Å². The van der Waals surface area contributed by atoms with Crippen LogP contribution in [0.4, 0.5) is 10.5 Å². The van der Waals surface area contributed by atoms with E-state index in [1.807, 2.05) is 25.1 Å².